The maximum absolute atomic E-state index is 13.3. The van der Waals surface area contributed by atoms with E-state index in [2.05, 4.69) is 18.3 Å². The molecule has 1 N–H and O–H groups in total. The number of nitrogens with one attached hydrogen (secondary N) is 1. The van der Waals surface area contributed by atoms with Crippen molar-refractivity contribution >= 4 is 50.9 Å². The second-order valence-corrected chi connectivity index (χ2v) is 10.3. The Hall–Kier alpha value is -3.16. The number of ether oxygens (including phenoxy) is 1. The van der Waals surface area contributed by atoms with Gasteiger partial charge in [-0.05, 0) is 49.9 Å². The summed E-state index contributed by atoms with van der Waals surface area (Å²) in [6, 6.07) is 17.8. The second-order valence-electron chi connectivity index (χ2n) is 8.19. The third-order valence-electron chi connectivity index (χ3n) is 5.74. The molecule has 0 saturated carbocycles. The number of rotatable bonds is 8. The van der Waals surface area contributed by atoms with E-state index >= 15 is 0 Å². The number of esters is 1. The van der Waals surface area contributed by atoms with Crippen molar-refractivity contribution < 1.29 is 14.3 Å². The van der Waals surface area contributed by atoms with Crippen molar-refractivity contribution in [2.75, 3.05) is 11.9 Å². The Morgan fingerprint density at radius 3 is 2.54 bits per heavy atom. The molecule has 0 aliphatic carbocycles. The largest absolute Gasteiger partial charge is 0.462 e. The molecule has 1 unspecified atom stereocenters. The number of carbonyl (C=O) groups is 2. The number of thiophene rings is 1. The van der Waals surface area contributed by atoms with E-state index in [1.807, 2.05) is 67.8 Å². The number of anilines is 1. The fourth-order valence-corrected chi connectivity index (χ4v) is 5.91. The highest BCUT2D eigenvalue weighted by molar-refractivity contribution is 8.00. The van der Waals surface area contributed by atoms with Crippen LogP contribution in [0.4, 0.5) is 5.00 Å². The second kappa shape index (κ2) is 11.1. The summed E-state index contributed by atoms with van der Waals surface area (Å²) in [7, 11) is 0. The van der Waals surface area contributed by atoms with Crippen molar-refractivity contribution in [3.05, 3.63) is 76.7 Å². The van der Waals surface area contributed by atoms with Crippen LogP contribution >= 0.6 is 23.1 Å². The van der Waals surface area contributed by atoms with E-state index in [0.717, 1.165) is 38.2 Å². The number of hydrogen-bond donors (Lipinski definition) is 1. The van der Waals surface area contributed by atoms with E-state index in [0.29, 0.717) is 17.0 Å². The molecule has 0 fully saturated rings. The monoisotopic (exact) mass is 504 g/mol. The minimum atomic E-state index is -0.439. The van der Waals surface area contributed by atoms with Gasteiger partial charge in [0.15, 0.2) is 0 Å². The van der Waals surface area contributed by atoms with Gasteiger partial charge in [0.25, 0.3) is 0 Å². The summed E-state index contributed by atoms with van der Waals surface area (Å²) in [5.41, 5.74) is 5.25. The Morgan fingerprint density at radius 2 is 1.83 bits per heavy atom. The van der Waals surface area contributed by atoms with Crippen LogP contribution in [0.1, 0.15) is 41.8 Å². The first-order valence-corrected chi connectivity index (χ1v) is 13.4. The van der Waals surface area contributed by atoms with Crippen LogP contribution in [0.3, 0.4) is 0 Å². The lowest BCUT2D eigenvalue weighted by Crippen LogP contribution is -2.25. The first kappa shape index (κ1) is 24.9. The minimum Gasteiger partial charge on any atom is -0.462 e. The molecular formula is C28H28N2O3S2. The molecule has 0 radical (unpaired) electrons. The Labute approximate surface area is 213 Å². The zero-order valence-electron chi connectivity index (χ0n) is 20.3. The van der Waals surface area contributed by atoms with Gasteiger partial charge < -0.3 is 10.1 Å². The molecule has 5 nitrogen and oxygen atoms in total. The number of nitrogens with zero attached hydrogens (tertiary/aromatic N) is 1. The maximum atomic E-state index is 13.3. The molecule has 1 atom stereocenters. The molecule has 0 spiro atoms. The van der Waals surface area contributed by atoms with Gasteiger partial charge in [-0.1, -0.05) is 67.2 Å². The van der Waals surface area contributed by atoms with Crippen molar-refractivity contribution in [2.45, 2.75) is 44.4 Å². The number of para-hydroxylation sites is 1. The van der Waals surface area contributed by atoms with E-state index in [-0.39, 0.29) is 17.8 Å². The van der Waals surface area contributed by atoms with Crippen LogP contribution in [0.15, 0.2) is 65.0 Å². The summed E-state index contributed by atoms with van der Waals surface area (Å²) in [4.78, 5) is 31.0. The topological polar surface area (TPSA) is 68.3 Å². The summed E-state index contributed by atoms with van der Waals surface area (Å²) < 4.78 is 5.32. The van der Waals surface area contributed by atoms with E-state index in [9.17, 15) is 9.59 Å². The van der Waals surface area contributed by atoms with Gasteiger partial charge >= 0.3 is 5.97 Å². The van der Waals surface area contributed by atoms with Gasteiger partial charge in [0.05, 0.1) is 22.4 Å². The first-order chi connectivity index (χ1) is 16.9. The molecule has 2 aromatic carbocycles. The van der Waals surface area contributed by atoms with E-state index in [4.69, 9.17) is 9.72 Å². The van der Waals surface area contributed by atoms with Crippen LogP contribution in [0.25, 0.3) is 22.0 Å². The molecule has 0 saturated heterocycles. The number of thioether (sulfide) groups is 1. The number of hydrogen-bond acceptors (Lipinski definition) is 6. The molecule has 0 aliphatic heterocycles. The lowest BCUT2D eigenvalue weighted by Gasteiger charge is -2.16. The van der Waals surface area contributed by atoms with Gasteiger partial charge in [-0.2, -0.15) is 0 Å². The predicted molar refractivity (Wildman–Crippen MR) is 145 cm³/mol. The van der Waals surface area contributed by atoms with Crippen molar-refractivity contribution in [1.29, 1.82) is 0 Å². The molecule has 2 aromatic heterocycles. The van der Waals surface area contributed by atoms with Gasteiger partial charge in [0.2, 0.25) is 5.91 Å². The average Bonchev–Trinajstić information content (AvgIpc) is 3.27. The van der Waals surface area contributed by atoms with Crippen LogP contribution in [0, 0.1) is 13.8 Å². The highest BCUT2D eigenvalue weighted by atomic mass is 32.2. The molecule has 4 aromatic rings. The maximum Gasteiger partial charge on any atom is 0.341 e. The fourth-order valence-electron chi connectivity index (χ4n) is 3.94. The van der Waals surface area contributed by atoms with Gasteiger partial charge in [0.1, 0.15) is 10.6 Å². The van der Waals surface area contributed by atoms with Crippen LogP contribution in [-0.4, -0.2) is 28.7 Å². The molecule has 1 amide bonds. The van der Waals surface area contributed by atoms with Gasteiger partial charge in [-0.25, -0.2) is 9.78 Å². The summed E-state index contributed by atoms with van der Waals surface area (Å²) >= 11 is 2.78. The summed E-state index contributed by atoms with van der Waals surface area (Å²) in [5.74, 6) is -0.597. The van der Waals surface area contributed by atoms with Gasteiger partial charge in [0, 0.05) is 16.3 Å². The minimum absolute atomic E-state index is 0.158. The molecule has 0 bridgehead atoms. The lowest BCUT2D eigenvalue weighted by molar-refractivity contribution is -0.115. The third kappa shape index (κ3) is 5.41. The molecule has 4 rings (SSSR count). The average molecular weight is 505 g/mol. The highest BCUT2D eigenvalue weighted by Crippen LogP contribution is 2.37. The van der Waals surface area contributed by atoms with Crippen molar-refractivity contribution in [3.8, 4) is 11.1 Å². The number of carbonyl (C=O) groups excluding carboxylic acids is 2. The number of aryl methyl sites for hydroxylation is 2. The van der Waals surface area contributed by atoms with E-state index < -0.39 is 5.97 Å². The zero-order chi connectivity index (χ0) is 24.9. The summed E-state index contributed by atoms with van der Waals surface area (Å²) in [5, 5.41) is 6.98. The number of amides is 1. The Kier molecular flexibility index (Phi) is 7.88. The highest BCUT2D eigenvalue weighted by Gasteiger charge is 2.26. The Balaban J connectivity index is 1.61. The first-order valence-electron chi connectivity index (χ1n) is 11.6. The lowest BCUT2D eigenvalue weighted by atomic mass is 10.0. The van der Waals surface area contributed by atoms with Crippen LogP contribution in [-0.2, 0) is 9.53 Å². The molecule has 0 aliphatic rings. The van der Waals surface area contributed by atoms with Crippen molar-refractivity contribution in [2.24, 2.45) is 0 Å². The molecule has 180 valence electrons. The normalized spacial score (nSPS) is 11.9. The smallest absolute Gasteiger partial charge is 0.341 e. The summed E-state index contributed by atoms with van der Waals surface area (Å²) in [6.07, 6.45) is 0.620. The summed E-state index contributed by atoms with van der Waals surface area (Å²) in [6.45, 7) is 8.12. The molecule has 7 heteroatoms. The number of benzene rings is 2. The third-order valence-corrected chi connectivity index (χ3v) is 7.92. The van der Waals surface area contributed by atoms with Crippen molar-refractivity contribution in [1.82, 2.24) is 4.98 Å². The number of fused-ring (bicyclic) bond motifs is 1. The quantitative estimate of drug-likeness (QED) is 0.202. The van der Waals surface area contributed by atoms with Crippen molar-refractivity contribution in [3.63, 3.8) is 0 Å². The molecular weight excluding hydrogens is 476 g/mol. The fraction of sp³-hybridized carbons (Fsp3) is 0.250. The van der Waals surface area contributed by atoms with Gasteiger partial charge in [-0.15, -0.1) is 11.3 Å². The van der Waals surface area contributed by atoms with Crippen LogP contribution < -0.4 is 5.32 Å². The number of pyridine rings is 1. The van der Waals surface area contributed by atoms with Crippen LogP contribution in [0.2, 0.25) is 0 Å². The van der Waals surface area contributed by atoms with E-state index in [1.54, 1.807) is 6.92 Å². The molecule has 2 heterocycles. The zero-order valence-corrected chi connectivity index (χ0v) is 21.9. The SMILES string of the molecule is CCOC(=O)c1c(-c2ccccc2)csc1NC(=O)C(CC)Sc1cc(C)c2cccc(C)c2n1. The standard InChI is InChI=1S/C28H28N2O3S2/c1-5-22(35-23-15-18(4)20-14-10-11-17(3)25(20)29-23)26(31)30-27-24(28(32)33-6-2)21(16-34-27)19-12-8-7-9-13-19/h7-16,22H,5-6H2,1-4H3,(H,30,31). The van der Waals surface area contributed by atoms with Gasteiger partial charge in [-0.3, -0.25) is 4.79 Å². The molecule has 35 heavy (non-hydrogen) atoms. The Morgan fingerprint density at radius 1 is 1.06 bits per heavy atom. The number of aromatic nitrogens is 1. The predicted octanol–water partition coefficient (Wildman–Crippen LogP) is 7.27. The van der Waals surface area contributed by atoms with E-state index in [1.165, 1.54) is 23.1 Å². The Bertz CT molecular complexity index is 1370. The van der Waals surface area contributed by atoms with Crippen LogP contribution in [0.5, 0.6) is 0 Å².